The maximum Gasteiger partial charge on any atom is 0.328 e. The summed E-state index contributed by atoms with van der Waals surface area (Å²) in [6.45, 7) is 2.68. The van der Waals surface area contributed by atoms with Gasteiger partial charge in [0, 0.05) is 12.0 Å². The monoisotopic (exact) mass is 410 g/mol. The summed E-state index contributed by atoms with van der Waals surface area (Å²) in [5.41, 5.74) is 0.925. The molecule has 0 radical (unpaired) electrons. The molecule has 0 fully saturated rings. The quantitative estimate of drug-likeness (QED) is 0.672. The average molecular weight is 410 g/mol. The van der Waals surface area contributed by atoms with Crippen molar-refractivity contribution in [2.24, 2.45) is 5.41 Å². The molecule has 156 valence electrons. The maximum absolute atomic E-state index is 12.5. The molecule has 0 saturated heterocycles. The third kappa shape index (κ3) is 3.36. The van der Waals surface area contributed by atoms with E-state index in [0.29, 0.717) is 23.9 Å². The van der Waals surface area contributed by atoms with Crippen LogP contribution >= 0.6 is 0 Å². The number of hydrogen-bond acceptors (Lipinski definition) is 5. The zero-order valence-electron chi connectivity index (χ0n) is 16.5. The Morgan fingerprint density at radius 3 is 2.70 bits per heavy atom. The van der Waals surface area contributed by atoms with Crippen LogP contribution in [0, 0.1) is 5.41 Å². The minimum absolute atomic E-state index is 0.112. The van der Waals surface area contributed by atoms with E-state index in [2.05, 4.69) is 0 Å². The van der Waals surface area contributed by atoms with E-state index in [1.165, 1.54) is 6.08 Å². The first-order valence-electron chi connectivity index (χ1n) is 9.75. The Hall–Kier alpha value is -3.48. The van der Waals surface area contributed by atoms with Crippen LogP contribution in [0.25, 0.3) is 0 Å². The Bertz CT molecular complexity index is 1030. The van der Waals surface area contributed by atoms with Crippen molar-refractivity contribution in [3.8, 4) is 17.2 Å². The molecule has 1 heterocycles. The molecule has 0 bridgehead atoms. The van der Waals surface area contributed by atoms with E-state index in [1.807, 2.05) is 25.1 Å². The minimum Gasteiger partial charge on any atom is -0.494 e. The number of carboxylic acids is 2. The Balaban J connectivity index is 1.85. The molecule has 0 aromatic heterocycles. The highest BCUT2D eigenvalue weighted by Crippen LogP contribution is 2.54. The molecule has 0 spiro atoms. The van der Waals surface area contributed by atoms with Crippen molar-refractivity contribution in [3.63, 3.8) is 0 Å². The normalized spacial score (nSPS) is 21.6. The second kappa shape index (κ2) is 7.74. The summed E-state index contributed by atoms with van der Waals surface area (Å²) in [5, 5.41) is 19.4. The van der Waals surface area contributed by atoms with Crippen molar-refractivity contribution >= 4 is 11.9 Å². The molecule has 30 heavy (non-hydrogen) atoms. The van der Waals surface area contributed by atoms with Crippen molar-refractivity contribution in [1.29, 1.82) is 0 Å². The van der Waals surface area contributed by atoms with Crippen LogP contribution in [0.3, 0.4) is 0 Å². The van der Waals surface area contributed by atoms with E-state index < -0.39 is 23.3 Å². The zero-order chi connectivity index (χ0) is 21.3. The molecule has 2 N–H and O–H groups in total. The van der Waals surface area contributed by atoms with Crippen molar-refractivity contribution in [2.45, 2.75) is 25.7 Å². The highest BCUT2D eigenvalue weighted by Gasteiger charge is 2.51. The first kappa shape index (κ1) is 19.8. The second-order valence-corrected chi connectivity index (χ2v) is 7.45. The Morgan fingerprint density at radius 1 is 1.17 bits per heavy atom. The molecule has 2 aromatic rings. The van der Waals surface area contributed by atoms with Gasteiger partial charge in [-0.25, -0.2) is 4.79 Å². The van der Waals surface area contributed by atoms with Crippen molar-refractivity contribution < 1.29 is 34.0 Å². The second-order valence-electron chi connectivity index (χ2n) is 7.45. The average Bonchev–Trinajstić information content (AvgIpc) is 3.32. The van der Waals surface area contributed by atoms with Crippen LogP contribution < -0.4 is 14.2 Å². The van der Waals surface area contributed by atoms with E-state index in [9.17, 15) is 19.8 Å². The molecule has 1 aliphatic heterocycles. The van der Waals surface area contributed by atoms with E-state index in [1.54, 1.807) is 18.2 Å². The molecule has 4 rings (SSSR count). The van der Waals surface area contributed by atoms with Gasteiger partial charge in [-0.1, -0.05) is 25.1 Å². The van der Waals surface area contributed by atoms with Crippen LogP contribution in [0.1, 0.15) is 36.0 Å². The Kier molecular flexibility index (Phi) is 5.11. The van der Waals surface area contributed by atoms with Gasteiger partial charge in [0.25, 0.3) is 0 Å². The molecule has 2 unspecified atom stereocenters. The molecule has 7 nitrogen and oxygen atoms in total. The van der Waals surface area contributed by atoms with Gasteiger partial charge in [0.1, 0.15) is 11.2 Å². The highest BCUT2D eigenvalue weighted by molar-refractivity contribution is 5.86. The standard InChI is InChI=1S/C23H22O7/c1-2-9-28-16-4-5-17-15(10-16)12-23(22(26)27,8-7-20(24)25)21(17)14-3-6-18-19(11-14)30-13-29-18/h3-8,10-11,21H,2,9,12-13H2,1H3,(H,24,25)(H,26,27)/b8-7+. The number of carbonyl (C=O) groups is 2. The van der Waals surface area contributed by atoms with Crippen LogP contribution in [0.5, 0.6) is 17.2 Å². The van der Waals surface area contributed by atoms with Crippen molar-refractivity contribution in [1.82, 2.24) is 0 Å². The third-order valence-electron chi connectivity index (χ3n) is 5.55. The first-order valence-corrected chi connectivity index (χ1v) is 9.75. The summed E-state index contributed by atoms with van der Waals surface area (Å²) in [7, 11) is 0. The van der Waals surface area contributed by atoms with Gasteiger partial charge in [0.15, 0.2) is 11.5 Å². The van der Waals surface area contributed by atoms with Crippen LogP contribution in [0.15, 0.2) is 48.6 Å². The molecular formula is C23H22O7. The SMILES string of the molecule is CCCOc1ccc2c(c1)CC(/C=C/C(=O)O)(C(=O)O)C2c1ccc2c(c1)OCO2. The minimum atomic E-state index is -1.45. The number of ether oxygens (including phenoxy) is 3. The lowest BCUT2D eigenvalue weighted by Gasteiger charge is -2.29. The van der Waals surface area contributed by atoms with Crippen molar-refractivity contribution in [2.75, 3.05) is 13.4 Å². The smallest absolute Gasteiger partial charge is 0.328 e. The predicted molar refractivity (Wildman–Crippen MR) is 107 cm³/mol. The molecule has 7 heteroatoms. The Labute approximate surface area is 173 Å². The van der Waals surface area contributed by atoms with Gasteiger partial charge in [0.05, 0.1) is 6.61 Å². The summed E-state index contributed by atoms with van der Waals surface area (Å²) in [6, 6.07) is 10.9. The lowest BCUT2D eigenvalue weighted by molar-refractivity contribution is -0.146. The lowest BCUT2D eigenvalue weighted by Crippen LogP contribution is -2.34. The van der Waals surface area contributed by atoms with Crippen LogP contribution in [-0.4, -0.2) is 35.6 Å². The summed E-state index contributed by atoms with van der Waals surface area (Å²) in [5.74, 6) is -1.05. The van der Waals surface area contributed by atoms with Gasteiger partial charge in [-0.3, -0.25) is 4.79 Å². The van der Waals surface area contributed by atoms with E-state index >= 15 is 0 Å². The van der Waals surface area contributed by atoms with Crippen LogP contribution in [-0.2, 0) is 16.0 Å². The molecular weight excluding hydrogens is 388 g/mol. The van der Waals surface area contributed by atoms with Gasteiger partial charge in [-0.15, -0.1) is 0 Å². The van der Waals surface area contributed by atoms with E-state index in [4.69, 9.17) is 14.2 Å². The molecule has 0 amide bonds. The number of carboxylic acid groups (broad SMARTS) is 2. The van der Waals surface area contributed by atoms with Gasteiger partial charge in [-0.2, -0.15) is 0 Å². The molecule has 0 saturated carbocycles. The number of hydrogen-bond donors (Lipinski definition) is 2. The van der Waals surface area contributed by atoms with E-state index in [-0.39, 0.29) is 13.2 Å². The van der Waals surface area contributed by atoms with Gasteiger partial charge in [-0.05, 0) is 53.8 Å². The fraction of sp³-hybridized carbons (Fsp3) is 0.304. The highest BCUT2D eigenvalue weighted by atomic mass is 16.7. The Morgan fingerprint density at radius 2 is 1.97 bits per heavy atom. The van der Waals surface area contributed by atoms with Gasteiger partial charge >= 0.3 is 11.9 Å². The maximum atomic E-state index is 12.5. The van der Waals surface area contributed by atoms with Gasteiger partial charge < -0.3 is 24.4 Å². The fourth-order valence-corrected chi connectivity index (χ4v) is 4.24. The zero-order valence-corrected chi connectivity index (χ0v) is 16.5. The molecule has 2 aliphatic rings. The van der Waals surface area contributed by atoms with Crippen LogP contribution in [0.2, 0.25) is 0 Å². The van der Waals surface area contributed by atoms with Crippen molar-refractivity contribution in [3.05, 3.63) is 65.2 Å². The summed E-state index contributed by atoms with van der Waals surface area (Å²) < 4.78 is 16.6. The van der Waals surface area contributed by atoms with Crippen LogP contribution in [0.4, 0.5) is 0 Å². The first-order chi connectivity index (χ1) is 14.4. The fourth-order valence-electron chi connectivity index (χ4n) is 4.24. The predicted octanol–water partition coefficient (Wildman–Crippen LogP) is 3.60. The van der Waals surface area contributed by atoms with Gasteiger partial charge in [0.2, 0.25) is 6.79 Å². The number of rotatable bonds is 7. The summed E-state index contributed by atoms with van der Waals surface area (Å²) in [6.07, 6.45) is 3.22. The largest absolute Gasteiger partial charge is 0.494 e. The molecule has 2 aromatic carbocycles. The number of aliphatic carboxylic acids is 2. The molecule has 1 aliphatic carbocycles. The topological polar surface area (TPSA) is 102 Å². The molecule has 2 atom stereocenters. The number of benzene rings is 2. The third-order valence-corrected chi connectivity index (χ3v) is 5.55. The number of fused-ring (bicyclic) bond motifs is 2. The summed E-state index contributed by atoms with van der Waals surface area (Å²) >= 11 is 0. The lowest BCUT2D eigenvalue weighted by atomic mass is 9.72. The summed E-state index contributed by atoms with van der Waals surface area (Å²) in [4.78, 5) is 23.8. The van der Waals surface area contributed by atoms with E-state index in [0.717, 1.165) is 29.2 Å².